The average Bonchev–Trinajstić information content (AvgIpc) is 2.50. The molecule has 0 bridgehead atoms. The van der Waals surface area contributed by atoms with E-state index >= 15 is 0 Å². The molecule has 74 valence electrons. The van der Waals surface area contributed by atoms with E-state index in [-0.39, 0.29) is 29.8 Å². The lowest BCUT2D eigenvalue weighted by Gasteiger charge is -2.08. The number of rotatable bonds is 3. The molecule has 1 fully saturated rings. The maximum Gasteiger partial charge on any atom is 0.302 e. The maximum atomic E-state index is 11.1. The van der Waals surface area contributed by atoms with Gasteiger partial charge in [-0.1, -0.05) is 0 Å². The number of alkyl halides is 1. The second-order valence-electron chi connectivity index (χ2n) is 3.03. The van der Waals surface area contributed by atoms with Gasteiger partial charge in [0.25, 0.3) is 0 Å². The van der Waals surface area contributed by atoms with Gasteiger partial charge in [0.1, 0.15) is 6.10 Å². The normalized spacial score (nSPS) is 27.2. The number of nitrogens with one attached hydrogen (secondary N) is 1. The Morgan fingerprint density at radius 1 is 1.62 bits per heavy atom. The van der Waals surface area contributed by atoms with Gasteiger partial charge in [-0.2, -0.15) is 0 Å². The van der Waals surface area contributed by atoms with Crippen molar-refractivity contribution in [2.24, 2.45) is 0 Å². The largest absolute Gasteiger partial charge is 0.461 e. The molecule has 13 heavy (non-hydrogen) atoms. The Bertz CT molecular complexity index is 219. The summed E-state index contributed by atoms with van der Waals surface area (Å²) in [5.74, 6) is -0.355. The predicted molar refractivity (Wildman–Crippen MR) is 47.7 cm³/mol. The van der Waals surface area contributed by atoms with Crippen LogP contribution in [-0.4, -0.2) is 36.3 Å². The number of carbonyl (C=O) groups excluding carboxylic acids is 2. The zero-order chi connectivity index (χ0) is 9.84. The van der Waals surface area contributed by atoms with Crippen molar-refractivity contribution >= 4 is 23.4 Å². The molecule has 1 saturated heterocycles. The number of ketones is 1. The molecule has 1 unspecified atom stereocenters. The van der Waals surface area contributed by atoms with E-state index in [9.17, 15) is 9.59 Å². The van der Waals surface area contributed by atoms with Gasteiger partial charge in [-0.3, -0.25) is 9.59 Å². The third-order valence-corrected chi connectivity index (χ3v) is 2.21. The van der Waals surface area contributed by atoms with Crippen molar-refractivity contribution < 1.29 is 14.3 Å². The summed E-state index contributed by atoms with van der Waals surface area (Å²) < 4.78 is 4.94. The first-order valence-corrected chi connectivity index (χ1v) is 4.66. The first-order valence-electron chi connectivity index (χ1n) is 4.12. The van der Waals surface area contributed by atoms with Crippen molar-refractivity contribution in [3.05, 3.63) is 0 Å². The Morgan fingerprint density at radius 3 is 2.85 bits per heavy atom. The minimum absolute atomic E-state index is 0.00442. The molecule has 1 aliphatic rings. The van der Waals surface area contributed by atoms with E-state index in [4.69, 9.17) is 16.3 Å². The van der Waals surface area contributed by atoms with Crippen LogP contribution in [0.2, 0.25) is 0 Å². The van der Waals surface area contributed by atoms with Crippen LogP contribution in [0.25, 0.3) is 0 Å². The molecule has 1 N–H and O–H groups in total. The first kappa shape index (κ1) is 10.5. The highest BCUT2D eigenvalue weighted by atomic mass is 35.5. The van der Waals surface area contributed by atoms with Crippen molar-refractivity contribution in [1.82, 2.24) is 5.32 Å². The van der Waals surface area contributed by atoms with Crippen LogP contribution in [-0.2, 0) is 14.3 Å². The molecule has 0 amide bonds. The molecule has 1 rings (SSSR count). The smallest absolute Gasteiger partial charge is 0.302 e. The zero-order valence-corrected chi connectivity index (χ0v) is 8.13. The highest BCUT2D eigenvalue weighted by Gasteiger charge is 2.30. The number of esters is 1. The molecule has 2 atom stereocenters. The van der Waals surface area contributed by atoms with Gasteiger partial charge < -0.3 is 10.1 Å². The number of halogens is 1. The van der Waals surface area contributed by atoms with Crippen molar-refractivity contribution in [3.63, 3.8) is 0 Å². The molecule has 0 aromatic carbocycles. The van der Waals surface area contributed by atoms with Gasteiger partial charge in [0, 0.05) is 19.9 Å². The minimum Gasteiger partial charge on any atom is -0.461 e. The minimum atomic E-state index is -0.314. The van der Waals surface area contributed by atoms with Gasteiger partial charge in [0.2, 0.25) is 0 Å². The Morgan fingerprint density at radius 2 is 2.31 bits per heavy atom. The SMILES string of the molecule is CC(=O)OC1CN[C@@H](C(=O)CCl)C1. The molecule has 1 heterocycles. The molecule has 0 saturated carbocycles. The molecular formula is C8H12ClNO3. The van der Waals surface area contributed by atoms with Crippen LogP contribution in [0.1, 0.15) is 13.3 Å². The summed E-state index contributed by atoms with van der Waals surface area (Å²) in [7, 11) is 0. The second kappa shape index (κ2) is 4.58. The van der Waals surface area contributed by atoms with E-state index < -0.39 is 0 Å². The van der Waals surface area contributed by atoms with E-state index in [0.29, 0.717) is 13.0 Å². The summed E-state index contributed by atoms with van der Waals surface area (Å²) in [6.45, 7) is 1.89. The van der Waals surface area contributed by atoms with E-state index in [1.54, 1.807) is 0 Å². The fourth-order valence-electron chi connectivity index (χ4n) is 1.37. The summed E-state index contributed by atoms with van der Waals surface area (Å²) >= 11 is 5.39. The molecule has 0 aromatic rings. The van der Waals surface area contributed by atoms with Crippen LogP contribution in [0.3, 0.4) is 0 Å². The van der Waals surface area contributed by atoms with Crippen LogP contribution < -0.4 is 5.32 Å². The lowest BCUT2D eigenvalue weighted by Crippen LogP contribution is -2.31. The molecule has 4 nitrogen and oxygen atoms in total. The van der Waals surface area contributed by atoms with Crippen molar-refractivity contribution in [3.8, 4) is 0 Å². The van der Waals surface area contributed by atoms with Crippen LogP contribution in [0.15, 0.2) is 0 Å². The molecule has 0 spiro atoms. The Balaban J connectivity index is 2.36. The molecule has 5 heteroatoms. The molecule has 1 aliphatic heterocycles. The van der Waals surface area contributed by atoms with E-state index in [1.165, 1.54) is 6.92 Å². The van der Waals surface area contributed by atoms with E-state index in [2.05, 4.69) is 5.32 Å². The highest BCUT2D eigenvalue weighted by molar-refractivity contribution is 6.28. The summed E-state index contributed by atoms with van der Waals surface area (Å²) in [5.41, 5.74) is 0. The van der Waals surface area contributed by atoms with Crippen molar-refractivity contribution in [1.29, 1.82) is 0 Å². The Hall–Kier alpha value is -0.610. The van der Waals surface area contributed by atoms with Gasteiger partial charge in [-0.05, 0) is 0 Å². The molecular weight excluding hydrogens is 194 g/mol. The summed E-state index contributed by atoms with van der Waals surface area (Å²) in [5, 5.41) is 2.95. The summed E-state index contributed by atoms with van der Waals surface area (Å²) in [4.78, 5) is 21.7. The van der Waals surface area contributed by atoms with Gasteiger partial charge >= 0.3 is 5.97 Å². The first-order chi connectivity index (χ1) is 6.13. The molecule has 0 aromatic heterocycles. The van der Waals surface area contributed by atoms with Gasteiger partial charge in [-0.25, -0.2) is 0 Å². The lowest BCUT2D eigenvalue weighted by molar-refractivity contribution is -0.145. The van der Waals surface area contributed by atoms with Crippen molar-refractivity contribution in [2.45, 2.75) is 25.5 Å². The van der Waals surface area contributed by atoms with Crippen molar-refractivity contribution in [2.75, 3.05) is 12.4 Å². The average molecular weight is 206 g/mol. The molecule has 0 radical (unpaired) electrons. The fraction of sp³-hybridized carbons (Fsp3) is 0.750. The second-order valence-corrected chi connectivity index (χ2v) is 3.30. The van der Waals surface area contributed by atoms with Crippen LogP contribution in [0.5, 0.6) is 0 Å². The monoisotopic (exact) mass is 205 g/mol. The number of hydrogen-bond acceptors (Lipinski definition) is 4. The Kier molecular flexibility index (Phi) is 3.69. The lowest BCUT2D eigenvalue weighted by atomic mass is 10.1. The standard InChI is InChI=1S/C8H12ClNO3/c1-5(11)13-6-2-7(10-4-6)8(12)3-9/h6-7,10H,2-4H2,1H3/t6?,7-/m1/s1. The van der Waals surface area contributed by atoms with Gasteiger partial charge in [0.05, 0.1) is 11.9 Å². The topological polar surface area (TPSA) is 55.4 Å². The van der Waals surface area contributed by atoms with E-state index in [0.717, 1.165) is 0 Å². The summed E-state index contributed by atoms with van der Waals surface area (Å²) in [6.07, 6.45) is 0.347. The number of ether oxygens (including phenoxy) is 1. The van der Waals surface area contributed by atoms with E-state index in [1.807, 2.05) is 0 Å². The summed E-state index contributed by atoms with van der Waals surface area (Å²) in [6, 6.07) is -0.248. The third kappa shape index (κ3) is 2.97. The van der Waals surface area contributed by atoms with Gasteiger partial charge in [-0.15, -0.1) is 11.6 Å². The maximum absolute atomic E-state index is 11.1. The Labute approximate surface area is 81.6 Å². The molecule has 0 aliphatic carbocycles. The zero-order valence-electron chi connectivity index (χ0n) is 7.38. The van der Waals surface area contributed by atoms with Crippen LogP contribution in [0.4, 0.5) is 0 Å². The number of carbonyl (C=O) groups is 2. The van der Waals surface area contributed by atoms with Crippen LogP contribution >= 0.6 is 11.6 Å². The predicted octanol–water partition coefficient (Wildman–Crippen LogP) is 0.0879. The number of Topliss-reactive ketones (excluding diaryl/α,β-unsaturated/α-hetero) is 1. The van der Waals surface area contributed by atoms with Gasteiger partial charge in [0.15, 0.2) is 5.78 Å². The third-order valence-electron chi connectivity index (χ3n) is 1.94. The number of hydrogen-bond donors (Lipinski definition) is 1. The quantitative estimate of drug-likeness (QED) is 0.524. The van der Waals surface area contributed by atoms with Crippen LogP contribution in [0, 0.1) is 0 Å². The fourth-order valence-corrected chi connectivity index (χ4v) is 1.55. The highest BCUT2D eigenvalue weighted by Crippen LogP contribution is 2.11.